The second kappa shape index (κ2) is 7.48. The van der Waals surface area contributed by atoms with Gasteiger partial charge < -0.3 is 15.0 Å². The molecule has 0 bridgehead atoms. The molecule has 0 heterocycles. The molecule has 0 radical (unpaired) electrons. The van der Waals surface area contributed by atoms with Crippen LogP contribution >= 0.6 is 0 Å². The maximum absolute atomic E-state index is 12.2. The average Bonchev–Trinajstić information content (AvgIpc) is 3.07. The largest absolute Gasteiger partial charge is 0.444 e. The second-order valence-corrected chi connectivity index (χ2v) is 7.61. The topological polar surface area (TPSA) is 41.6 Å². The molecule has 122 valence electrons. The molecule has 0 aromatic carbocycles. The fourth-order valence-electron chi connectivity index (χ4n) is 3.02. The average molecular weight is 296 g/mol. The summed E-state index contributed by atoms with van der Waals surface area (Å²) in [6, 6.07) is 0.426. The lowest BCUT2D eigenvalue weighted by Gasteiger charge is -2.27. The zero-order valence-corrected chi connectivity index (χ0v) is 14.0. The molecule has 2 fully saturated rings. The standard InChI is InChI=1S/C17H32N2O2/c1-17(2,3)21-16(20)19(15-9-10-15)12-6-11-18-13-14-7-4-5-8-14/h14-15,18H,4-13H2,1-3H3. The molecule has 2 aliphatic rings. The SMILES string of the molecule is CC(C)(C)OC(=O)N(CCCNCC1CCCC1)C1CC1. The monoisotopic (exact) mass is 296 g/mol. The fraction of sp³-hybridized carbons (Fsp3) is 0.941. The number of hydrogen-bond donors (Lipinski definition) is 1. The van der Waals surface area contributed by atoms with Crippen LogP contribution in [0.3, 0.4) is 0 Å². The van der Waals surface area contributed by atoms with Crippen LogP contribution < -0.4 is 5.32 Å². The summed E-state index contributed by atoms with van der Waals surface area (Å²) in [5, 5.41) is 3.55. The first-order valence-corrected chi connectivity index (χ1v) is 8.66. The Hall–Kier alpha value is -0.770. The van der Waals surface area contributed by atoms with Crippen LogP contribution in [0.2, 0.25) is 0 Å². The Labute approximate surface area is 129 Å². The van der Waals surface area contributed by atoms with Crippen molar-refractivity contribution >= 4 is 6.09 Å². The normalized spacial score (nSPS) is 19.8. The van der Waals surface area contributed by atoms with Crippen molar-refractivity contribution in [3.8, 4) is 0 Å². The van der Waals surface area contributed by atoms with E-state index in [0.717, 1.165) is 44.8 Å². The molecular weight excluding hydrogens is 264 g/mol. The number of ether oxygens (including phenoxy) is 1. The summed E-state index contributed by atoms with van der Waals surface area (Å²) in [5.74, 6) is 0.885. The van der Waals surface area contributed by atoms with Gasteiger partial charge in [0.1, 0.15) is 5.60 Å². The lowest BCUT2D eigenvalue weighted by atomic mass is 10.1. The third-order valence-electron chi connectivity index (χ3n) is 4.28. The molecule has 21 heavy (non-hydrogen) atoms. The van der Waals surface area contributed by atoms with E-state index in [0.29, 0.717) is 6.04 Å². The molecule has 1 N–H and O–H groups in total. The van der Waals surface area contributed by atoms with Crippen molar-refractivity contribution in [2.45, 2.75) is 77.4 Å². The van der Waals surface area contributed by atoms with Crippen molar-refractivity contribution in [2.75, 3.05) is 19.6 Å². The van der Waals surface area contributed by atoms with E-state index in [2.05, 4.69) is 5.32 Å². The van der Waals surface area contributed by atoms with Gasteiger partial charge in [0.25, 0.3) is 0 Å². The Morgan fingerprint density at radius 2 is 1.86 bits per heavy atom. The Bertz CT molecular complexity index is 328. The minimum Gasteiger partial charge on any atom is -0.444 e. The van der Waals surface area contributed by atoms with Crippen LogP contribution in [0, 0.1) is 5.92 Å². The van der Waals surface area contributed by atoms with Crippen LogP contribution in [0.15, 0.2) is 0 Å². The van der Waals surface area contributed by atoms with Gasteiger partial charge in [0.2, 0.25) is 0 Å². The van der Waals surface area contributed by atoms with Gasteiger partial charge in [-0.15, -0.1) is 0 Å². The van der Waals surface area contributed by atoms with Crippen LogP contribution in [0.25, 0.3) is 0 Å². The lowest BCUT2D eigenvalue weighted by Crippen LogP contribution is -2.39. The molecule has 0 aliphatic heterocycles. The molecule has 4 nitrogen and oxygen atoms in total. The highest BCUT2D eigenvalue weighted by atomic mass is 16.6. The molecule has 2 aliphatic carbocycles. The number of nitrogens with one attached hydrogen (secondary N) is 1. The van der Waals surface area contributed by atoms with Crippen LogP contribution in [0.4, 0.5) is 4.79 Å². The lowest BCUT2D eigenvalue weighted by molar-refractivity contribution is 0.0232. The quantitative estimate of drug-likeness (QED) is 0.730. The van der Waals surface area contributed by atoms with Crippen molar-refractivity contribution in [1.82, 2.24) is 10.2 Å². The summed E-state index contributed by atoms with van der Waals surface area (Å²) >= 11 is 0. The highest BCUT2D eigenvalue weighted by Crippen LogP contribution is 2.28. The third kappa shape index (κ3) is 6.25. The van der Waals surface area contributed by atoms with Gasteiger partial charge in [0.15, 0.2) is 0 Å². The molecule has 0 saturated heterocycles. The molecule has 0 unspecified atom stereocenters. The minimum atomic E-state index is -0.398. The van der Waals surface area contributed by atoms with Gasteiger partial charge in [-0.25, -0.2) is 4.79 Å². The van der Waals surface area contributed by atoms with Gasteiger partial charge in [-0.2, -0.15) is 0 Å². The maximum atomic E-state index is 12.2. The molecule has 0 aromatic heterocycles. The molecule has 0 aromatic rings. The van der Waals surface area contributed by atoms with Crippen LogP contribution in [-0.2, 0) is 4.74 Å². The van der Waals surface area contributed by atoms with E-state index in [9.17, 15) is 4.79 Å². The van der Waals surface area contributed by atoms with Crippen LogP contribution in [-0.4, -0.2) is 42.3 Å². The predicted molar refractivity (Wildman–Crippen MR) is 85.4 cm³/mol. The van der Waals surface area contributed by atoms with Crippen molar-refractivity contribution in [3.05, 3.63) is 0 Å². The Balaban J connectivity index is 1.62. The summed E-state index contributed by atoms with van der Waals surface area (Å²) < 4.78 is 5.51. The van der Waals surface area contributed by atoms with Crippen LogP contribution in [0.5, 0.6) is 0 Å². The first-order valence-electron chi connectivity index (χ1n) is 8.66. The van der Waals surface area contributed by atoms with E-state index in [1.165, 1.54) is 25.7 Å². The Morgan fingerprint density at radius 1 is 1.19 bits per heavy atom. The number of rotatable bonds is 7. The zero-order chi connectivity index (χ0) is 15.3. The van der Waals surface area contributed by atoms with E-state index in [1.54, 1.807) is 0 Å². The molecular formula is C17H32N2O2. The van der Waals surface area contributed by atoms with E-state index in [4.69, 9.17) is 4.74 Å². The van der Waals surface area contributed by atoms with Crippen molar-refractivity contribution < 1.29 is 9.53 Å². The van der Waals surface area contributed by atoms with E-state index < -0.39 is 5.60 Å². The first-order chi connectivity index (χ1) is 9.96. The molecule has 1 amide bonds. The molecule has 2 rings (SSSR count). The molecule has 0 spiro atoms. The number of carbonyl (C=O) groups is 1. The highest BCUT2D eigenvalue weighted by molar-refractivity contribution is 5.69. The van der Waals surface area contributed by atoms with Crippen molar-refractivity contribution in [3.63, 3.8) is 0 Å². The van der Waals surface area contributed by atoms with Gasteiger partial charge in [-0.05, 0) is 71.9 Å². The summed E-state index contributed by atoms with van der Waals surface area (Å²) in [6.07, 6.45) is 8.73. The fourth-order valence-corrected chi connectivity index (χ4v) is 3.02. The van der Waals surface area contributed by atoms with Gasteiger partial charge in [-0.3, -0.25) is 0 Å². The van der Waals surface area contributed by atoms with E-state index >= 15 is 0 Å². The smallest absolute Gasteiger partial charge is 0.410 e. The Kier molecular flexibility index (Phi) is 5.91. The third-order valence-corrected chi connectivity index (χ3v) is 4.28. The minimum absolute atomic E-state index is 0.138. The van der Waals surface area contributed by atoms with Crippen molar-refractivity contribution in [1.29, 1.82) is 0 Å². The Morgan fingerprint density at radius 3 is 2.43 bits per heavy atom. The molecule has 2 saturated carbocycles. The van der Waals surface area contributed by atoms with Gasteiger partial charge >= 0.3 is 6.09 Å². The zero-order valence-electron chi connectivity index (χ0n) is 14.0. The van der Waals surface area contributed by atoms with E-state index in [-0.39, 0.29) is 6.09 Å². The number of nitrogens with zero attached hydrogens (tertiary/aromatic N) is 1. The summed E-state index contributed by atoms with van der Waals surface area (Å²) in [5.41, 5.74) is -0.398. The number of carbonyl (C=O) groups excluding carboxylic acids is 1. The summed E-state index contributed by atoms with van der Waals surface area (Å²) in [7, 11) is 0. The summed E-state index contributed by atoms with van der Waals surface area (Å²) in [6.45, 7) is 8.76. The maximum Gasteiger partial charge on any atom is 0.410 e. The molecule has 4 heteroatoms. The van der Waals surface area contributed by atoms with E-state index in [1.807, 2.05) is 25.7 Å². The van der Waals surface area contributed by atoms with Gasteiger partial charge in [0.05, 0.1) is 0 Å². The van der Waals surface area contributed by atoms with Crippen LogP contribution in [0.1, 0.15) is 65.7 Å². The number of amides is 1. The van der Waals surface area contributed by atoms with Crippen molar-refractivity contribution in [2.24, 2.45) is 5.92 Å². The predicted octanol–water partition coefficient (Wildman–Crippen LogP) is 3.56. The highest BCUT2D eigenvalue weighted by Gasteiger charge is 2.34. The number of hydrogen-bond acceptors (Lipinski definition) is 3. The molecule has 0 atom stereocenters. The summed E-state index contributed by atoms with van der Waals surface area (Å²) in [4.78, 5) is 14.1. The second-order valence-electron chi connectivity index (χ2n) is 7.61. The van der Waals surface area contributed by atoms with Gasteiger partial charge in [0, 0.05) is 12.6 Å². The first kappa shape index (κ1) is 16.6. The van der Waals surface area contributed by atoms with Gasteiger partial charge in [-0.1, -0.05) is 12.8 Å².